The van der Waals surface area contributed by atoms with Crippen LogP contribution in [-0.2, 0) is 0 Å². The molecule has 0 spiro atoms. The van der Waals surface area contributed by atoms with Gasteiger partial charge in [0.2, 0.25) is 0 Å². The molecule has 94 valence electrons. The van der Waals surface area contributed by atoms with Crippen LogP contribution >= 0.6 is 0 Å². The highest BCUT2D eigenvalue weighted by atomic mass is 16.3. The Kier molecular flexibility index (Phi) is 3.78. The molecule has 1 fully saturated rings. The van der Waals surface area contributed by atoms with Crippen molar-refractivity contribution in [2.45, 2.75) is 26.2 Å². The van der Waals surface area contributed by atoms with Gasteiger partial charge < -0.3 is 15.0 Å². The number of nitrogens with one attached hydrogen (secondary N) is 1. The predicted molar refractivity (Wildman–Crippen MR) is 66.2 cm³/mol. The molecule has 1 aromatic rings. The predicted octanol–water partition coefficient (Wildman–Crippen LogP) is 0.677. The zero-order valence-corrected chi connectivity index (χ0v) is 10.1. The van der Waals surface area contributed by atoms with E-state index in [9.17, 15) is 4.79 Å². The van der Waals surface area contributed by atoms with E-state index < -0.39 is 0 Å². The molecule has 2 rings (SSSR count). The SMILES string of the molecule is Cc1nc(N2CCCC(CCO)C2)cc(=O)[nH]1. The van der Waals surface area contributed by atoms with Crippen LogP contribution in [-0.4, -0.2) is 34.8 Å². The summed E-state index contributed by atoms with van der Waals surface area (Å²) in [7, 11) is 0. The van der Waals surface area contributed by atoms with Crippen LogP contribution in [0, 0.1) is 12.8 Å². The Labute approximate surface area is 100 Å². The zero-order chi connectivity index (χ0) is 12.3. The minimum atomic E-state index is -0.100. The van der Waals surface area contributed by atoms with Crippen molar-refractivity contribution in [1.82, 2.24) is 9.97 Å². The summed E-state index contributed by atoms with van der Waals surface area (Å²) in [4.78, 5) is 20.6. The van der Waals surface area contributed by atoms with Gasteiger partial charge in [0.15, 0.2) is 0 Å². The Morgan fingerprint density at radius 1 is 1.65 bits per heavy atom. The van der Waals surface area contributed by atoms with Gasteiger partial charge in [-0.2, -0.15) is 0 Å². The van der Waals surface area contributed by atoms with E-state index in [0.717, 1.165) is 38.2 Å². The molecule has 1 aliphatic rings. The maximum absolute atomic E-state index is 11.4. The van der Waals surface area contributed by atoms with Crippen LogP contribution in [0.4, 0.5) is 5.82 Å². The zero-order valence-electron chi connectivity index (χ0n) is 10.1. The normalized spacial score (nSPS) is 20.6. The monoisotopic (exact) mass is 237 g/mol. The van der Waals surface area contributed by atoms with Crippen molar-refractivity contribution in [2.24, 2.45) is 5.92 Å². The number of piperidine rings is 1. The number of aromatic nitrogens is 2. The average Bonchev–Trinajstić information content (AvgIpc) is 2.28. The van der Waals surface area contributed by atoms with E-state index in [0.29, 0.717) is 11.7 Å². The van der Waals surface area contributed by atoms with E-state index in [1.807, 2.05) is 0 Å². The second kappa shape index (κ2) is 5.31. The van der Waals surface area contributed by atoms with E-state index in [4.69, 9.17) is 5.11 Å². The van der Waals surface area contributed by atoms with Crippen molar-refractivity contribution in [2.75, 3.05) is 24.6 Å². The number of nitrogens with zero attached hydrogens (tertiary/aromatic N) is 2. The Bertz CT molecular complexity index is 428. The Hall–Kier alpha value is -1.36. The lowest BCUT2D eigenvalue weighted by atomic mass is 9.95. The molecule has 1 aliphatic heterocycles. The van der Waals surface area contributed by atoms with Gasteiger partial charge in [-0.05, 0) is 32.1 Å². The van der Waals surface area contributed by atoms with Gasteiger partial charge in [-0.25, -0.2) is 4.98 Å². The lowest BCUT2D eigenvalue weighted by molar-refractivity contribution is 0.244. The highest BCUT2D eigenvalue weighted by Gasteiger charge is 2.20. The molecule has 1 unspecified atom stereocenters. The summed E-state index contributed by atoms with van der Waals surface area (Å²) in [6, 6.07) is 1.55. The van der Waals surface area contributed by atoms with Crippen LogP contribution in [0.5, 0.6) is 0 Å². The fraction of sp³-hybridized carbons (Fsp3) is 0.667. The number of hydrogen-bond acceptors (Lipinski definition) is 4. The third-order valence-electron chi connectivity index (χ3n) is 3.23. The van der Waals surface area contributed by atoms with Crippen molar-refractivity contribution in [3.8, 4) is 0 Å². The molecule has 2 N–H and O–H groups in total. The van der Waals surface area contributed by atoms with Crippen molar-refractivity contribution in [1.29, 1.82) is 0 Å². The maximum atomic E-state index is 11.4. The number of aromatic amines is 1. The van der Waals surface area contributed by atoms with Gasteiger partial charge >= 0.3 is 0 Å². The first-order chi connectivity index (χ1) is 8.19. The first-order valence-electron chi connectivity index (χ1n) is 6.13. The minimum Gasteiger partial charge on any atom is -0.396 e. The van der Waals surface area contributed by atoms with Gasteiger partial charge in [-0.15, -0.1) is 0 Å². The minimum absolute atomic E-state index is 0.100. The molecule has 1 saturated heterocycles. The number of aliphatic hydroxyl groups excluding tert-OH is 1. The van der Waals surface area contributed by atoms with Gasteiger partial charge in [-0.3, -0.25) is 4.79 Å². The van der Waals surface area contributed by atoms with E-state index in [1.165, 1.54) is 0 Å². The topological polar surface area (TPSA) is 69.2 Å². The Balaban J connectivity index is 2.13. The maximum Gasteiger partial charge on any atom is 0.252 e. The van der Waals surface area contributed by atoms with Crippen molar-refractivity contribution in [3.05, 3.63) is 22.2 Å². The van der Waals surface area contributed by atoms with E-state index in [2.05, 4.69) is 14.9 Å². The summed E-state index contributed by atoms with van der Waals surface area (Å²) in [5.41, 5.74) is -0.100. The number of H-pyrrole nitrogens is 1. The van der Waals surface area contributed by atoms with Gasteiger partial charge in [0.05, 0.1) is 0 Å². The smallest absolute Gasteiger partial charge is 0.252 e. The van der Waals surface area contributed by atoms with Crippen LogP contribution in [0.25, 0.3) is 0 Å². The molecular formula is C12H19N3O2. The quantitative estimate of drug-likeness (QED) is 0.811. The van der Waals surface area contributed by atoms with Crippen LogP contribution in [0.1, 0.15) is 25.1 Å². The van der Waals surface area contributed by atoms with Crippen molar-refractivity contribution >= 4 is 5.82 Å². The van der Waals surface area contributed by atoms with Crippen LogP contribution < -0.4 is 10.5 Å². The summed E-state index contributed by atoms with van der Waals surface area (Å²) in [6.07, 6.45) is 3.08. The molecule has 5 nitrogen and oxygen atoms in total. The Morgan fingerprint density at radius 2 is 2.47 bits per heavy atom. The second-order valence-electron chi connectivity index (χ2n) is 4.66. The highest BCUT2D eigenvalue weighted by Crippen LogP contribution is 2.22. The van der Waals surface area contributed by atoms with E-state index in [-0.39, 0.29) is 12.2 Å². The number of hydrogen-bond donors (Lipinski definition) is 2. The number of aryl methyl sites for hydroxylation is 1. The molecule has 0 aromatic carbocycles. The van der Waals surface area contributed by atoms with Crippen LogP contribution in [0.15, 0.2) is 10.9 Å². The third-order valence-corrected chi connectivity index (χ3v) is 3.23. The fourth-order valence-corrected chi connectivity index (χ4v) is 2.42. The number of anilines is 1. The summed E-state index contributed by atoms with van der Waals surface area (Å²) >= 11 is 0. The van der Waals surface area contributed by atoms with E-state index in [1.54, 1.807) is 13.0 Å². The number of rotatable bonds is 3. The van der Waals surface area contributed by atoms with Gasteiger partial charge in [0.1, 0.15) is 11.6 Å². The first-order valence-corrected chi connectivity index (χ1v) is 6.13. The summed E-state index contributed by atoms with van der Waals surface area (Å²) in [5, 5.41) is 8.97. The van der Waals surface area contributed by atoms with Crippen molar-refractivity contribution < 1.29 is 5.11 Å². The molecule has 2 heterocycles. The molecule has 0 saturated carbocycles. The summed E-state index contributed by atoms with van der Waals surface area (Å²) in [6.45, 7) is 3.86. The second-order valence-corrected chi connectivity index (χ2v) is 4.66. The largest absolute Gasteiger partial charge is 0.396 e. The molecular weight excluding hydrogens is 218 g/mol. The first kappa shape index (κ1) is 12.1. The molecule has 1 atom stereocenters. The lowest BCUT2D eigenvalue weighted by Crippen LogP contribution is -2.37. The average molecular weight is 237 g/mol. The van der Waals surface area contributed by atoms with Gasteiger partial charge in [0.25, 0.3) is 5.56 Å². The molecule has 0 radical (unpaired) electrons. The molecule has 0 bridgehead atoms. The summed E-state index contributed by atoms with van der Waals surface area (Å²) < 4.78 is 0. The molecule has 17 heavy (non-hydrogen) atoms. The standard InChI is InChI=1S/C12H19N3O2/c1-9-13-11(7-12(17)14-9)15-5-2-3-10(8-15)4-6-16/h7,10,16H,2-6,8H2,1H3,(H,13,14,17). The fourth-order valence-electron chi connectivity index (χ4n) is 2.42. The molecule has 1 aromatic heterocycles. The van der Waals surface area contributed by atoms with E-state index >= 15 is 0 Å². The van der Waals surface area contributed by atoms with Gasteiger partial charge in [-0.1, -0.05) is 0 Å². The van der Waals surface area contributed by atoms with Crippen LogP contribution in [0.2, 0.25) is 0 Å². The Morgan fingerprint density at radius 3 is 3.18 bits per heavy atom. The number of aliphatic hydroxyl groups is 1. The molecule has 0 amide bonds. The van der Waals surface area contributed by atoms with Gasteiger partial charge in [0, 0.05) is 25.8 Å². The van der Waals surface area contributed by atoms with Crippen molar-refractivity contribution in [3.63, 3.8) is 0 Å². The summed E-state index contributed by atoms with van der Waals surface area (Å²) in [5.74, 6) is 1.92. The highest BCUT2D eigenvalue weighted by molar-refractivity contribution is 5.37. The molecule has 5 heteroatoms. The lowest BCUT2D eigenvalue weighted by Gasteiger charge is -2.33. The van der Waals surface area contributed by atoms with Crippen LogP contribution in [0.3, 0.4) is 0 Å². The molecule has 0 aliphatic carbocycles. The third kappa shape index (κ3) is 3.06.